The van der Waals surface area contributed by atoms with Gasteiger partial charge in [-0.25, -0.2) is 4.99 Å². The van der Waals surface area contributed by atoms with Crippen molar-refractivity contribution < 1.29 is 14.3 Å². The number of nitrogens with one attached hydrogen (secondary N) is 2. The minimum absolute atomic E-state index is 0.0377. The normalized spacial score (nSPS) is 15.8. The Balaban J connectivity index is 2.53. The van der Waals surface area contributed by atoms with Crippen molar-refractivity contribution in [3.63, 3.8) is 0 Å². The van der Waals surface area contributed by atoms with Gasteiger partial charge in [0.2, 0.25) is 11.8 Å². The van der Waals surface area contributed by atoms with Gasteiger partial charge in [-0.15, -0.1) is 0 Å². The second-order valence-electron chi connectivity index (χ2n) is 7.33. The molecule has 0 spiro atoms. The standard InChI is InChI=1S/C19H37N5O3/c1-6-27-13-7-10-20-19(21-14-17(25)23(4)5)22-16-8-11-24(12-9-16)18(26)15(2)3/h15-16H,6-14H2,1-5H3,(H2,20,21,22). The molecule has 0 unspecified atom stereocenters. The van der Waals surface area contributed by atoms with Crippen molar-refractivity contribution >= 4 is 17.8 Å². The number of carbonyl (C=O) groups is 2. The highest BCUT2D eigenvalue weighted by Gasteiger charge is 2.24. The van der Waals surface area contributed by atoms with Crippen LogP contribution in [0.5, 0.6) is 0 Å². The van der Waals surface area contributed by atoms with E-state index in [1.165, 1.54) is 4.90 Å². The number of rotatable bonds is 9. The zero-order chi connectivity index (χ0) is 20.2. The molecule has 2 N–H and O–H groups in total. The average Bonchev–Trinajstić information content (AvgIpc) is 2.65. The molecule has 27 heavy (non-hydrogen) atoms. The molecule has 0 aliphatic carbocycles. The van der Waals surface area contributed by atoms with E-state index in [0.29, 0.717) is 19.2 Å². The molecule has 0 saturated carbocycles. The van der Waals surface area contributed by atoms with Gasteiger partial charge in [0.25, 0.3) is 0 Å². The number of piperidine rings is 1. The fourth-order valence-corrected chi connectivity index (χ4v) is 2.77. The molecular formula is C19H37N5O3. The van der Waals surface area contributed by atoms with Crippen LogP contribution in [0.3, 0.4) is 0 Å². The molecule has 0 aromatic carbocycles. The van der Waals surface area contributed by atoms with E-state index in [-0.39, 0.29) is 30.3 Å². The zero-order valence-corrected chi connectivity index (χ0v) is 17.6. The van der Waals surface area contributed by atoms with E-state index in [0.717, 1.165) is 38.9 Å². The fraction of sp³-hybridized carbons (Fsp3) is 0.842. The number of guanidine groups is 1. The smallest absolute Gasteiger partial charge is 0.243 e. The monoisotopic (exact) mass is 383 g/mol. The van der Waals surface area contributed by atoms with Crippen LogP contribution in [-0.4, -0.2) is 87.1 Å². The Morgan fingerprint density at radius 3 is 2.48 bits per heavy atom. The van der Waals surface area contributed by atoms with Gasteiger partial charge in [-0.2, -0.15) is 0 Å². The average molecular weight is 384 g/mol. The fourth-order valence-electron chi connectivity index (χ4n) is 2.77. The van der Waals surface area contributed by atoms with E-state index < -0.39 is 0 Å². The Bertz CT molecular complexity index is 486. The van der Waals surface area contributed by atoms with Crippen LogP contribution in [0, 0.1) is 5.92 Å². The summed E-state index contributed by atoms with van der Waals surface area (Å²) < 4.78 is 5.35. The summed E-state index contributed by atoms with van der Waals surface area (Å²) in [5, 5.41) is 6.70. The highest BCUT2D eigenvalue weighted by molar-refractivity contribution is 5.85. The number of amides is 2. The third-order valence-corrected chi connectivity index (χ3v) is 4.47. The first-order valence-electron chi connectivity index (χ1n) is 9.96. The number of carbonyl (C=O) groups excluding carboxylic acids is 2. The molecule has 1 aliphatic rings. The molecule has 0 aromatic heterocycles. The number of likely N-dealkylation sites (N-methyl/N-ethyl adjacent to an activating group) is 1. The summed E-state index contributed by atoms with van der Waals surface area (Å²) in [5.74, 6) is 0.863. The van der Waals surface area contributed by atoms with E-state index in [1.54, 1.807) is 14.1 Å². The molecule has 8 heteroatoms. The SMILES string of the molecule is CCOCCCNC(=NCC(=O)N(C)C)NC1CCN(C(=O)C(C)C)CC1. The molecule has 8 nitrogen and oxygen atoms in total. The lowest BCUT2D eigenvalue weighted by Gasteiger charge is -2.34. The highest BCUT2D eigenvalue weighted by Crippen LogP contribution is 2.13. The van der Waals surface area contributed by atoms with Gasteiger partial charge >= 0.3 is 0 Å². The first-order valence-corrected chi connectivity index (χ1v) is 9.96. The largest absolute Gasteiger partial charge is 0.382 e. The molecule has 1 heterocycles. The Morgan fingerprint density at radius 2 is 1.93 bits per heavy atom. The van der Waals surface area contributed by atoms with Crippen LogP contribution in [0.15, 0.2) is 4.99 Å². The lowest BCUT2D eigenvalue weighted by molar-refractivity contribution is -0.135. The summed E-state index contributed by atoms with van der Waals surface area (Å²) >= 11 is 0. The number of hydrogen-bond acceptors (Lipinski definition) is 4. The maximum atomic E-state index is 12.1. The lowest BCUT2D eigenvalue weighted by Crippen LogP contribution is -2.50. The molecule has 0 aromatic rings. The first kappa shape index (κ1) is 23.2. The molecule has 1 fully saturated rings. The molecular weight excluding hydrogens is 346 g/mol. The molecule has 0 atom stereocenters. The zero-order valence-electron chi connectivity index (χ0n) is 17.6. The lowest BCUT2D eigenvalue weighted by atomic mass is 10.0. The number of nitrogens with zero attached hydrogens (tertiary/aromatic N) is 3. The minimum Gasteiger partial charge on any atom is -0.382 e. The van der Waals surface area contributed by atoms with Crippen LogP contribution in [0.1, 0.15) is 40.0 Å². The van der Waals surface area contributed by atoms with Crippen LogP contribution in [0.2, 0.25) is 0 Å². The van der Waals surface area contributed by atoms with Gasteiger partial charge in [0.05, 0.1) is 0 Å². The second-order valence-corrected chi connectivity index (χ2v) is 7.33. The van der Waals surface area contributed by atoms with Crippen molar-refractivity contribution in [1.29, 1.82) is 0 Å². The van der Waals surface area contributed by atoms with Gasteiger partial charge in [0.15, 0.2) is 5.96 Å². The third-order valence-electron chi connectivity index (χ3n) is 4.47. The molecule has 1 rings (SSSR count). The van der Waals surface area contributed by atoms with Crippen LogP contribution < -0.4 is 10.6 Å². The third kappa shape index (κ3) is 9.08. The van der Waals surface area contributed by atoms with Gasteiger partial charge < -0.3 is 25.2 Å². The van der Waals surface area contributed by atoms with Crippen molar-refractivity contribution in [2.75, 3.05) is 53.5 Å². The van der Waals surface area contributed by atoms with E-state index in [4.69, 9.17) is 4.74 Å². The Hall–Kier alpha value is -1.83. The van der Waals surface area contributed by atoms with Crippen molar-refractivity contribution in [1.82, 2.24) is 20.4 Å². The summed E-state index contributed by atoms with van der Waals surface area (Å²) in [6.45, 7) is 9.60. The molecule has 2 amide bonds. The van der Waals surface area contributed by atoms with Crippen LogP contribution in [0.4, 0.5) is 0 Å². The van der Waals surface area contributed by atoms with Crippen molar-refractivity contribution in [3.05, 3.63) is 0 Å². The first-order chi connectivity index (χ1) is 12.8. The number of hydrogen-bond donors (Lipinski definition) is 2. The predicted octanol–water partition coefficient (Wildman–Crippen LogP) is 0.683. The molecule has 1 saturated heterocycles. The number of aliphatic imine (C=N–C) groups is 1. The van der Waals surface area contributed by atoms with E-state index in [9.17, 15) is 9.59 Å². The predicted molar refractivity (Wildman–Crippen MR) is 108 cm³/mol. The summed E-state index contributed by atoms with van der Waals surface area (Å²) in [7, 11) is 3.45. The van der Waals surface area contributed by atoms with E-state index in [1.807, 2.05) is 25.7 Å². The van der Waals surface area contributed by atoms with Gasteiger partial charge in [0, 0.05) is 58.9 Å². The topological polar surface area (TPSA) is 86.3 Å². The quantitative estimate of drug-likeness (QED) is 0.347. The van der Waals surface area contributed by atoms with E-state index in [2.05, 4.69) is 15.6 Å². The number of likely N-dealkylation sites (tertiary alicyclic amines) is 1. The Kier molecular flexibility index (Phi) is 10.8. The van der Waals surface area contributed by atoms with Crippen LogP contribution in [0.25, 0.3) is 0 Å². The molecule has 1 aliphatic heterocycles. The van der Waals surface area contributed by atoms with Crippen molar-refractivity contribution in [3.8, 4) is 0 Å². The Labute approximate surface area is 163 Å². The maximum Gasteiger partial charge on any atom is 0.243 e. The van der Waals surface area contributed by atoms with Gasteiger partial charge in [-0.1, -0.05) is 13.8 Å². The van der Waals surface area contributed by atoms with Gasteiger partial charge in [-0.3, -0.25) is 9.59 Å². The second kappa shape index (κ2) is 12.5. The molecule has 156 valence electrons. The van der Waals surface area contributed by atoms with E-state index >= 15 is 0 Å². The molecule has 0 radical (unpaired) electrons. The summed E-state index contributed by atoms with van der Waals surface area (Å²) in [6, 6.07) is 0.244. The molecule has 0 bridgehead atoms. The van der Waals surface area contributed by atoms with Crippen molar-refractivity contribution in [2.24, 2.45) is 10.9 Å². The van der Waals surface area contributed by atoms with Crippen LogP contribution in [-0.2, 0) is 14.3 Å². The van der Waals surface area contributed by atoms with Gasteiger partial charge in [0.1, 0.15) is 6.54 Å². The highest BCUT2D eigenvalue weighted by atomic mass is 16.5. The summed E-state index contributed by atoms with van der Waals surface area (Å²) in [5.41, 5.74) is 0. The summed E-state index contributed by atoms with van der Waals surface area (Å²) in [6.07, 6.45) is 2.62. The maximum absolute atomic E-state index is 12.1. The van der Waals surface area contributed by atoms with Crippen molar-refractivity contribution in [2.45, 2.75) is 46.1 Å². The Morgan fingerprint density at radius 1 is 1.26 bits per heavy atom. The van der Waals surface area contributed by atoms with Gasteiger partial charge in [-0.05, 0) is 26.2 Å². The van der Waals surface area contributed by atoms with Crippen LogP contribution >= 0.6 is 0 Å². The summed E-state index contributed by atoms with van der Waals surface area (Å²) in [4.78, 5) is 31.8. The number of ether oxygens (including phenoxy) is 1. The minimum atomic E-state index is -0.0391.